The van der Waals surface area contributed by atoms with E-state index in [-0.39, 0.29) is 18.9 Å². The Balaban J connectivity index is 2.65. The summed E-state index contributed by atoms with van der Waals surface area (Å²) in [5.74, 6) is -1.16. The largest absolute Gasteiger partial charge is 0.480 e. The van der Waals surface area contributed by atoms with Crippen molar-refractivity contribution >= 4 is 17.9 Å². The lowest BCUT2D eigenvalue weighted by Gasteiger charge is -2.43. The Bertz CT molecular complexity index is 395. The summed E-state index contributed by atoms with van der Waals surface area (Å²) in [6.07, 6.45) is 1.73. The van der Waals surface area contributed by atoms with Crippen LogP contribution in [0.15, 0.2) is 0 Å². The predicted octanol–water partition coefficient (Wildman–Crippen LogP) is 0.407. The highest BCUT2D eigenvalue weighted by Gasteiger charge is 2.44. The number of nitrogens with zero attached hydrogens (tertiary/aromatic N) is 1. The Hall–Kier alpha value is -1.79. The highest BCUT2D eigenvalue weighted by atomic mass is 16.4. The van der Waals surface area contributed by atoms with Gasteiger partial charge in [-0.2, -0.15) is 0 Å². The molecule has 1 saturated heterocycles. The minimum atomic E-state index is -0.990. The molecule has 1 unspecified atom stereocenters. The molecule has 0 saturated carbocycles. The second-order valence-corrected chi connectivity index (χ2v) is 5.68. The van der Waals surface area contributed by atoms with Crippen LogP contribution < -0.4 is 10.6 Å². The van der Waals surface area contributed by atoms with Crippen LogP contribution in [0.4, 0.5) is 4.79 Å². The molecule has 1 rings (SSSR count). The summed E-state index contributed by atoms with van der Waals surface area (Å²) >= 11 is 0. The molecule has 1 aliphatic heterocycles. The van der Waals surface area contributed by atoms with Crippen LogP contribution in [0.2, 0.25) is 0 Å². The highest BCUT2D eigenvalue weighted by molar-refractivity contribution is 5.84. The van der Waals surface area contributed by atoms with Crippen LogP contribution in [-0.2, 0) is 9.59 Å². The standard InChI is InChI=1S/C13H23N3O4/c1-13(2)6-4-8-16(10(13)11(18)19)12(20)15-7-5-9(17)14-3/h10H,4-8H2,1-3H3,(H,14,17)(H,15,20)(H,18,19). The number of rotatable bonds is 4. The van der Waals surface area contributed by atoms with Crippen LogP contribution >= 0.6 is 0 Å². The first-order valence-corrected chi connectivity index (χ1v) is 6.77. The van der Waals surface area contributed by atoms with Crippen molar-refractivity contribution in [2.24, 2.45) is 5.41 Å². The number of aliphatic carboxylic acids is 1. The minimum Gasteiger partial charge on any atom is -0.480 e. The van der Waals surface area contributed by atoms with Crippen molar-refractivity contribution < 1.29 is 19.5 Å². The van der Waals surface area contributed by atoms with E-state index in [2.05, 4.69) is 10.6 Å². The zero-order chi connectivity index (χ0) is 15.3. The van der Waals surface area contributed by atoms with Gasteiger partial charge in [-0.05, 0) is 18.3 Å². The Morgan fingerprint density at radius 2 is 2.00 bits per heavy atom. The van der Waals surface area contributed by atoms with Crippen molar-refractivity contribution in [2.45, 2.75) is 39.2 Å². The Labute approximate surface area is 118 Å². The van der Waals surface area contributed by atoms with Gasteiger partial charge >= 0.3 is 12.0 Å². The van der Waals surface area contributed by atoms with E-state index in [1.807, 2.05) is 13.8 Å². The lowest BCUT2D eigenvalue weighted by Crippen LogP contribution is -2.58. The molecule has 1 heterocycles. The first kappa shape index (κ1) is 16.3. The molecule has 1 atom stereocenters. The summed E-state index contributed by atoms with van der Waals surface area (Å²) in [7, 11) is 1.53. The molecule has 7 heteroatoms. The average Bonchev–Trinajstić information content (AvgIpc) is 2.36. The molecule has 3 amide bonds. The van der Waals surface area contributed by atoms with Gasteiger partial charge in [-0.25, -0.2) is 9.59 Å². The number of amides is 3. The predicted molar refractivity (Wildman–Crippen MR) is 73.2 cm³/mol. The smallest absolute Gasteiger partial charge is 0.327 e. The Morgan fingerprint density at radius 1 is 1.35 bits per heavy atom. The monoisotopic (exact) mass is 285 g/mol. The molecule has 0 aromatic rings. The number of hydrogen-bond acceptors (Lipinski definition) is 3. The number of carboxylic acids is 1. The van der Waals surface area contributed by atoms with E-state index in [0.717, 1.165) is 12.8 Å². The van der Waals surface area contributed by atoms with E-state index >= 15 is 0 Å². The number of hydrogen-bond donors (Lipinski definition) is 3. The molecule has 0 aromatic heterocycles. The molecule has 0 bridgehead atoms. The van der Waals surface area contributed by atoms with Crippen molar-refractivity contribution in [1.82, 2.24) is 15.5 Å². The van der Waals surface area contributed by atoms with Gasteiger partial charge in [0.25, 0.3) is 0 Å². The molecule has 114 valence electrons. The van der Waals surface area contributed by atoms with Gasteiger partial charge in [-0.1, -0.05) is 13.8 Å². The number of carbonyl (C=O) groups is 3. The van der Waals surface area contributed by atoms with Gasteiger partial charge in [-0.3, -0.25) is 4.79 Å². The molecule has 0 spiro atoms. The van der Waals surface area contributed by atoms with Crippen LogP contribution in [0.25, 0.3) is 0 Å². The normalized spacial score (nSPS) is 21.1. The van der Waals surface area contributed by atoms with E-state index in [0.29, 0.717) is 6.54 Å². The quantitative estimate of drug-likeness (QED) is 0.696. The first-order chi connectivity index (χ1) is 9.29. The third kappa shape index (κ3) is 3.85. The summed E-state index contributed by atoms with van der Waals surface area (Å²) in [5.41, 5.74) is -0.456. The maximum atomic E-state index is 12.1. The van der Waals surface area contributed by atoms with E-state index in [1.165, 1.54) is 11.9 Å². The van der Waals surface area contributed by atoms with E-state index in [4.69, 9.17) is 0 Å². The van der Waals surface area contributed by atoms with Crippen molar-refractivity contribution in [3.05, 3.63) is 0 Å². The van der Waals surface area contributed by atoms with Gasteiger partial charge in [-0.15, -0.1) is 0 Å². The molecule has 0 aliphatic carbocycles. The third-order valence-electron chi connectivity index (χ3n) is 3.67. The highest BCUT2D eigenvalue weighted by Crippen LogP contribution is 2.35. The van der Waals surface area contributed by atoms with Crippen molar-refractivity contribution in [1.29, 1.82) is 0 Å². The summed E-state index contributed by atoms with van der Waals surface area (Å²) in [4.78, 5) is 35.9. The minimum absolute atomic E-state index is 0.168. The van der Waals surface area contributed by atoms with Gasteiger partial charge in [0.15, 0.2) is 0 Å². The fraction of sp³-hybridized carbons (Fsp3) is 0.769. The van der Waals surface area contributed by atoms with Crippen LogP contribution in [0, 0.1) is 5.41 Å². The first-order valence-electron chi connectivity index (χ1n) is 6.77. The molecule has 20 heavy (non-hydrogen) atoms. The van der Waals surface area contributed by atoms with Crippen LogP contribution in [0.1, 0.15) is 33.1 Å². The number of carboxylic acid groups (broad SMARTS) is 1. The number of piperidine rings is 1. The molecular weight excluding hydrogens is 262 g/mol. The molecule has 3 N–H and O–H groups in total. The van der Waals surface area contributed by atoms with Crippen LogP contribution in [0.5, 0.6) is 0 Å². The van der Waals surface area contributed by atoms with E-state index < -0.39 is 23.5 Å². The van der Waals surface area contributed by atoms with Gasteiger partial charge in [0, 0.05) is 26.6 Å². The van der Waals surface area contributed by atoms with Crippen molar-refractivity contribution in [3.8, 4) is 0 Å². The lowest BCUT2D eigenvalue weighted by atomic mass is 9.76. The van der Waals surface area contributed by atoms with Gasteiger partial charge in [0.2, 0.25) is 5.91 Å². The van der Waals surface area contributed by atoms with Crippen LogP contribution in [0.3, 0.4) is 0 Å². The Morgan fingerprint density at radius 3 is 2.55 bits per heavy atom. The van der Waals surface area contributed by atoms with Crippen molar-refractivity contribution in [3.63, 3.8) is 0 Å². The summed E-state index contributed by atoms with van der Waals surface area (Å²) in [5, 5.41) is 14.4. The zero-order valence-corrected chi connectivity index (χ0v) is 12.2. The molecule has 7 nitrogen and oxygen atoms in total. The maximum absolute atomic E-state index is 12.1. The summed E-state index contributed by atoms with van der Waals surface area (Å²) < 4.78 is 0. The summed E-state index contributed by atoms with van der Waals surface area (Å²) in [6, 6.07) is -1.26. The van der Waals surface area contributed by atoms with Gasteiger partial charge in [0.05, 0.1) is 0 Å². The Kier molecular flexibility index (Phi) is 5.35. The van der Waals surface area contributed by atoms with Crippen LogP contribution in [-0.4, -0.2) is 54.1 Å². The molecule has 0 radical (unpaired) electrons. The number of nitrogens with one attached hydrogen (secondary N) is 2. The molecular formula is C13H23N3O4. The van der Waals surface area contributed by atoms with Crippen molar-refractivity contribution in [2.75, 3.05) is 20.1 Å². The lowest BCUT2D eigenvalue weighted by molar-refractivity contribution is -0.148. The molecule has 1 fully saturated rings. The number of carbonyl (C=O) groups excluding carboxylic acids is 2. The second kappa shape index (κ2) is 6.58. The molecule has 0 aromatic carbocycles. The molecule has 1 aliphatic rings. The zero-order valence-electron chi connectivity index (χ0n) is 12.2. The fourth-order valence-corrected chi connectivity index (χ4v) is 2.59. The van der Waals surface area contributed by atoms with Gasteiger partial charge in [0.1, 0.15) is 6.04 Å². The van der Waals surface area contributed by atoms with E-state index in [9.17, 15) is 19.5 Å². The SMILES string of the molecule is CNC(=O)CCNC(=O)N1CCCC(C)(C)C1C(=O)O. The third-order valence-corrected chi connectivity index (χ3v) is 3.67. The van der Waals surface area contributed by atoms with E-state index in [1.54, 1.807) is 0 Å². The van der Waals surface area contributed by atoms with Gasteiger partial charge < -0.3 is 20.6 Å². The average molecular weight is 285 g/mol. The summed E-state index contributed by atoms with van der Waals surface area (Å²) in [6.45, 7) is 4.33. The number of urea groups is 1. The maximum Gasteiger partial charge on any atom is 0.327 e. The topological polar surface area (TPSA) is 98.7 Å². The number of likely N-dealkylation sites (tertiary alicyclic amines) is 1. The fourth-order valence-electron chi connectivity index (χ4n) is 2.59. The second-order valence-electron chi connectivity index (χ2n) is 5.68.